The number of pyridine rings is 1. The van der Waals surface area contributed by atoms with Gasteiger partial charge in [-0.2, -0.15) is 0 Å². The minimum atomic E-state index is -0.767. The van der Waals surface area contributed by atoms with Crippen LogP contribution in [-0.4, -0.2) is 29.3 Å². The molecule has 2 aliphatic rings. The zero-order valence-electron chi connectivity index (χ0n) is 18.9. The number of hydrogen-bond acceptors (Lipinski definition) is 4. The van der Waals surface area contributed by atoms with Gasteiger partial charge in [0.05, 0.1) is 6.04 Å². The Morgan fingerprint density at radius 1 is 1.12 bits per heavy atom. The van der Waals surface area contributed by atoms with Crippen molar-refractivity contribution in [2.75, 3.05) is 5.32 Å². The monoisotopic (exact) mass is 491 g/mol. The molecule has 5 nitrogen and oxygen atoms in total. The number of nitrogens with zero attached hydrogens (tertiary/aromatic N) is 1. The molecule has 1 aromatic heterocycles. The molecule has 3 atom stereocenters. The lowest BCUT2D eigenvalue weighted by atomic mass is 9.54. The molecule has 176 valence electrons. The molecule has 1 aromatic carbocycles. The van der Waals surface area contributed by atoms with Gasteiger partial charge in [0.25, 0.3) is 0 Å². The molecule has 4 rings (SSSR count). The van der Waals surface area contributed by atoms with E-state index >= 15 is 4.39 Å². The van der Waals surface area contributed by atoms with Crippen LogP contribution in [0, 0.1) is 11.2 Å². The molecular formula is C25H28Cl2FN3O2. The first-order chi connectivity index (χ1) is 15.6. The molecule has 1 saturated heterocycles. The molecular weight excluding hydrogens is 464 g/mol. The number of carbonyl (C=O) groups excluding carboxylic acids is 2. The number of nitrogens with one attached hydrogen (secondary N) is 2. The third kappa shape index (κ3) is 3.86. The van der Waals surface area contributed by atoms with Crippen molar-refractivity contribution in [2.45, 2.75) is 69.4 Å². The molecule has 0 radical (unpaired) electrons. The highest BCUT2D eigenvalue weighted by Gasteiger charge is 2.64. The van der Waals surface area contributed by atoms with E-state index < -0.39 is 28.7 Å². The molecule has 2 aromatic rings. The van der Waals surface area contributed by atoms with Gasteiger partial charge in [0.2, 0.25) is 6.41 Å². The third-order valence-corrected chi connectivity index (χ3v) is 8.49. The fraction of sp³-hybridized carbons (Fsp3) is 0.480. The molecule has 1 saturated carbocycles. The molecule has 2 N–H and O–H groups in total. The highest BCUT2D eigenvalue weighted by molar-refractivity contribution is 6.31. The van der Waals surface area contributed by atoms with Crippen molar-refractivity contribution in [3.8, 4) is 0 Å². The molecule has 2 heterocycles. The fourth-order valence-electron chi connectivity index (χ4n) is 6.09. The van der Waals surface area contributed by atoms with E-state index in [2.05, 4.69) is 36.4 Å². The van der Waals surface area contributed by atoms with Crippen LogP contribution in [0.4, 0.5) is 10.1 Å². The van der Waals surface area contributed by atoms with Gasteiger partial charge >= 0.3 is 0 Å². The molecule has 1 aliphatic heterocycles. The molecule has 1 unspecified atom stereocenters. The van der Waals surface area contributed by atoms with Crippen LogP contribution in [0.3, 0.4) is 0 Å². The van der Waals surface area contributed by atoms with Gasteiger partial charge in [-0.3, -0.25) is 4.79 Å². The topological polar surface area (TPSA) is 71.1 Å². The van der Waals surface area contributed by atoms with Crippen molar-refractivity contribution in [3.05, 3.63) is 57.6 Å². The average molecular weight is 492 g/mol. The number of benzene rings is 1. The van der Waals surface area contributed by atoms with Crippen molar-refractivity contribution >= 4 is 41.6 Å². The molecule has 1 aliphatic carbocycles. The van der Waals surface area contributed by atoms with Gasteiger partial charge in [-0.15, -0.1) is 0 Å². The van der Waals surface area contributed by atoms with Crippen LogP contribution < -0.4 is 10.6 Å². The highest BCUT2D eigenvalue weighted by Crippen LogP contribution is 2.61. The highest BCUT2D eigenvalue weighted by atomic mass is 35.5. The van der Waals surface area contributed by atoms with Gasteiger partial charge in [0.15, 0.2) is 11.0 Å². The van der Waals surface area contributed by atoms with Crippen LogP contribution in [0.2, 0.25) is 10.2 Å². The summed E-state index contributed by atoms with van der Waals surface area (Å²) < 4.78 is 15.4. The van der Waals surface area contributed by atoms with Crippen LogP contribution in [0.15, 0.2) is 30.5 Å². The number of amides is 1. The molecule has 33 heavy (non-hydrogen) atoms. The second-order valence-corrected chi connectivity index (χ2v) is 11.0. The normalized spacial score (nSPS) is 27.9. The van der Waals surface area contributed by atoms with Crippen LogP contribution in [0.25, 0.3) is 0 Å². The largest absolute Gasteiger partial charge is 0.328 e. The second-order valence-electron chi connectivity index (χ2n) is 10.2. The van der Waals surface area contributed by atoms with Crippen LogP contribution >= 0.6 is 23.2 Å². The lowest BCUT2D eigenvalue weighted by Gasteiger charge is -2.52. The van der Waals surface area contributed by atoms with Gasteiger partial charge in [0, 0.05) is 33.8 Å². The number of hydrogen-bond donors (Lipinski definition) is 2. The zero-order valence-corrected chi connectivity index (χ0v) is 20.4. The van der Waals surface area contributed by atoms with Gasteiger partial charge in [0.1, 0.15) is 6.29 Å². The summed E-state index contributed by atoms with van der Waals surface area (Å²) in [6, 6.07) is 6.27. The van der Waals surface area contributed by atoms with Crippen LogP contribution in [0.5, 0.6) is 0 Å². The Hall–Kier alpha value is -2.02. The average Bonchev–Trinajstić information content (AvgIpc) is 3.01. The van der Waals surface area contributed by atoms with Crippen molar-refractivity contribution in [1.29, 1.82) is 0 Å². The minimum Gasteiger partial charge on any atom is -0.328 e. The minimum absolute atomic E-state index is 0.164. The first kappa shape index (κ1) is 24.1. The number of aromatic nitrogens is 1. The summed E-state index contributed by atoms with van der Waals surface area (Å²) in [7, 11) is 0. The van der Waals surface area contributed by atoms with Crippen LogP contribution in [-0.2, 0) is 15.0 Å². The molecule has 2 fully saturated rings. The summed E-state index contributed by atoms with van der Waals surface area (Å²) in [6.45, 7) is 6.54. The standard InChI is InChI=1S/C25H28Cl2FN3O2/c1-23(2)7-9-25(10-8-23)24(3,17-5-4-15(26)12-18(17)30-14-33)20(19(13-32)31-25)16-6-11-29-22(27)21(16)28/h4-6,11-14,19-20,31H,7-10H2,1-3H3,(H,30,33)/t19?,20-,24+/m0/s1. The van der Waals surface area contributed by atoms with Gasteiger partial charge < -0.3 is 15.4 Å². The summed E-state index contributed by atoms with van der Waals surface area (Å²) in [5.41, 5.74) is 0.564. The number of aldehydes is 1. The Kier molecular flexibility index (Phi) is 6.31. The van der Waals surface area contributed by atoms with E-state index in [-0.39, 0.29) is 10.6 Å². The Morgan fingerprint density at radius 3 is 2.45 bits per heavy atom. The summed E-state index contributed by atoms with van der Waals surface area (Å²) in [5, 5.41) is 6.63. The summed E-state index contributed by atoms with van der Waals surface area (Å²) in [6.07, 6.45) is 6.39. The summed E-state index contributed by atoms with van der Waals surface area (Å²) in [5.74, 6) is -1.21. The van der Waals surface area contributed by atoms with E-state index in [0.717, 1.165) is 37.5 Å². The Morgan fingerprint density at radius 2 is 1.82 bits per heavy atom. The van der Waals surface area contributed by atoms with Gasteiger partial charge in [-0.25, -0.2) is 9.37 Å². The van der Waals surface area contributed by atoms with Crippen molar-refractivity contribution in [3.63, 3.8) is 0 Å². The van der Waals surface area contributed by atoms with E-state index in [1.165, 1.54) is 6.20 Å². The molecule has 1 spiro atoms. The van der Waals surface area contributed by atoms with Crippen molar-refractivity contribution in [1.82, 2.24) is 10.3 Å². The maximum Gasteiger partial charge on any atom is 0.211 e. The van der Waals surface area contributed by atoms with E-state index in [1.54, 1.807) is 18.2 Å². The van der Waals surface area contributed by atoms with E-state index in [4.69, 9.17) is 23.2 Å². The van der Waals surface area contributed by atoms with E-state index in [1.807, 2.05) is 6.07 Å². The number of rotatable bonds is 5. The van der Waals surface area contributed by atoms with Gasteiger partial charge in [-0.05, 0) is 60.4 Å². The zero-order chi connectivity index (χ0) is 24.0. The predicted octanol–water partition coefficient (Wildman–Crippen LogP) is 5.65. The third-order valence-electron chi connectivity index (χ3n) is 7.99. The SMILES string of the molecule is CC1(C)CCC2(CC1)NC(C=O)[C@H](c1ccnc(Cl)c1F)[C@@]2(C)c1ccc(Cl)cc1NC=O. The van der Waals surface area contributed by atoms with E-state index in [9.17, 15) is 9.59 Å². The predicted molar refractivity (Wildman–Crippen MR) is 128 cm³/mol. The lowest BCUT2D eigenvalue weighted by molar-refractivity contribution is -0.109. The fourth-order valence-corrected chi connectivity index (χ4v) is 6.43. The van der Waals surface area contributed by atoms with Crippen LogP contribution in [0.1, 0.15) is 63.5 Å². The molecule has 0 bridgehead atoms. The lowest BCUT2D eigenvalue weighted by Crippen LogP contribution is -2.57. The Balaban J connectivity index is 2.00. The Labute approximate surface area is 203 Å². The summed E-state index contributed by atoms with van der Waals surface area (Å²) in [4.78, 5) is 27.7. The van der Waals surface area contributed by atoms with Crippen molar-refractivity contribution in [2.24, 2.45) is 5.41 Å². The van der Waals surface area contributed by atoms with E-state index in [0.29, 0.717) is 22.7 Å². The second kappa shape index (κ2) is 8.64. The molecule has 1 amide bonds. The Bertz CT molecular complexity index is 1080. The number of anilines is 1. The maximum absolute atomic E-state index is 15.4. The maximum atomic E-state index is 15.4. The number of halogens is 3. The smallest absolute Gasteiger partial charge is 0.211 e. The quantitative estimate of drug-likeness (QED) is 0.418. The summed E-state index contributed by atoms with van der Waals surface area (Å²) >= 11 is 12.3. The van der Waals surface area contributed by atoms with Crippen molar-refractivity contribution < 1.29 is 14.0 Å². The first-order valence-corrected chi connectivity index (χ1v) is 11.9. The van der Waals surface area contributed by atoms with Gasteiger partial charge in [-0.1, -0.05) is 50.0 Å². The first-order valence-electron chi connectivity index (χ1n) is 11.1. The molecule has 8 heteroatoms. The number of carbonyl (C=O) groups is 2.